The highest BCUT2D eigenvalue weighted by molar-refractivity contribution is 5.86. The average molecular weight is 271 g/mol. The standard InChI is InChI=1S/C16H21N3O/c1-16(2)7-5-12(6-8-16)20-15-13-9-11(17)3-4-14(13)18-10-19-15/h3-4,9-10,12H,5-8,17H2,1-2H3. The Morgan fingerprint density at radius 2 is 1.95 bits per heavy atom. The van der Waals surface area contributed by atoms with Crippen molar-refractivity contribution in [2.75, 3.05) is 5.73 Å². The number of benzene rings is 1. The molecule has 0 amide bonds. The van der Waals surface area contributed by atoms with Crippen molar-refractivity contribution in [3.63, 3.8) is 0 Å². The molecule has 0 saturated heterocycles. The van der Waals surface area contributed by atoms with Crippen LogP contribution in [0.2, 0.25) is 0 Å². The number of hydrogen-bond donors (Lipinski definition) is 1. The molecule has 20 heavy (non-hydrogen) atoms. The van der Waals surface area contributed by atoms with E-state index < -0.39 is 0 Å². The maximum absolute atomic E-state index is 6.11. The van der Waals surface area contributed by atoms with Gasteiger partial charge in [0.25, 0.3) is 0 Å². The quantitative estimate of drug-likeness (QED) is 0.848. The Morgan fingerprint density at radius 3 is 2.70 bits per heavy atom. The molecule has 2 N–H and O–H groups in total. The summed E-state index contributed by atoms with van der Waals surface area (Å²) in [7, 11) is 0. The van der Waals surface area contributed by atoms with Crippen LogP contribution in [0.5, 0.6) is 5.88 Å². The number of ether oxygens (including phenoxy) is 1. The van der Waals surface area contributed by atoms with Gasteiger partial charge < -0.3 is 10.5 Å². The topological polar surface area (TPSA) is 61.0 Å². The monoisotopic (exact) mass is 271 g/mol. The summed E-state index contributed by atoms with van der Waals surface area (Å²) in [4.78, 5) is 8.54. The van der Waals surface area contributed by atoms with Gasteiger partial charge in [-0.1, -0.05) is 13.8 Å². The van der Waals surface area contributed by atoms with Crippen LogP contribution in [0.25, 0.3) is 10.9 Å². The van der Waals surface area contributed by atoms with Crippen molar-refractivity contribution in [1.82, 2.24) is 9.97 Å². The van der Waals surface area contributed by atoms with Crippen LogP contribution >= 0.6 is 0 Å². The first-order chi connectivity index (χ1) is 9.53. The van der Waals surface area contributed by atoms with E-state index in [4.69, 9.17) is 10.5 Å². The molecular weight excluding hydrogens is 250 g/mol. The molecule has 1 aromatic carbocycles. The predicted octanol–water partition coefficient (Wildman–Crippen LogP) is 3.56. The van der Waals surface area contributed by atoms with E-state index in [1.807, 2.05) is 18.2 Å². The van der Waals surface area contributed by atoms with Gasteiger partial charge in [0.1, 0.15) is 12.4 Å². The lowest BCUT2D eigenvalue weighted by atomic mass is 9.76. The smallest absolute Gasteiger partial charge is 0.224 e. The van der Waals surface area contributed by atoms with Crippen LogP contribution in [-0.2, 0) is 0 Å². The zero-order valence-corrected chi connectivity index (χ0v) is 12.1. The fraction of sp³-hybridized carbons (Fsp3) is 0.500. The number of nitrogens with zero attached hydrogens (tertiary/aromatic N) is 2. The van der Waals surface area contributed by atoms with Crippen molar-refractivity contribution in [3.8, 4) is 5.88 Å². The number of anilines is 1. The molecule has 2 aromatic rings. The van der Waals surface area contributed by atoms with Crippen LogP contribution in [-0.4, -0.2) is 16.1 Å². The molecule has 0 unspecified atom stereocenters. The van der Waals surface area contributed by atoms with Gasteiger partial charge in [0.05, 0.1) is 10.9 Å². The first kappa shape index (κ1) is 13.2. The van der Waals surface area contributed by atoms with Crippen molar-refractivity contribution in [3.05, 3.63) is 24.5 Å². The molecule has 106 valence electrons. The molecule has 1 aliphatic rings. The van der Waals surface area contributed by atoms with E-state index in [-0.39, 0.29) is 6.10 Å². The molecular formula is C16H21N3O. The SMILES string of the molecule is CC1(C)CCC(Oc2ncnc3ccc(N)cc23)CC1. The Morgan fingerprint density at radius 1 is 1.20 bits per heavy atom. The van der Waals surface area contributed by atoms with Crippen molar-refractivity contribution in [2.45, 2.75) is 45.6 Å². The summed E-state index contributed by atoms with van der Waals surface area (Å²) < 4.78 is 6.11. The number of hydrogen-bond acceptors (Lipinski definition) is 4. The third-order valence-electron chi connectivity index (χ3n) is 4.19. The Kier molecular flexibility index (Phi) is 3.24. The van der Waals surface area contributed by atoms with Crippen molar-refractivity contribution in [2.24, 2.45) is 5.41 Å². The molecule has 0 atom stereocenters. The van der Waals surface area contributed by atoms with E-state index in [2.05, 4.69) is 23.8 Å². The van der Waals surface area contributed by atoms with Crippen LogP contribution < -0.4 is 10.5 Å². The van der Waals surface area contributed by atoms with E-state index >= 15 is 0 Å². The maximum Gasteiger partial charge on any atom is 0.224 e. The van der Waals surface area contributed by atoms with Gasteiger partial charge in [-0.25, -0.2) is 9.97 Å². The highest BCUT2D eigenvalue weighted by atomic mass is 16.5. The van der Waals surface area contributed by atoms with Gasteiger partial charge >= 0.3 is 0 Å². The normalized spacial score (nSPS) is 19.1. The van der Waals surface area contributed by atoms with Gasteiger partial charge in [-0.3, -0.25) is 0 Å². The van der Waals surface area contributed by atoms with Gasteiger partial charge in [0.2, 0.25) is 5.88 Å². The van der Waals surface area contributed by atoms with Crippen molar-refractivity contribution < 1.29 is 4.74 Å². The lowest BCUT2D eigenvalue weighted by Crippen LogP contribution is -2.28. The second kappa shape index (κ2) is 4.93. The molecule has 0 spiro atoms. The number of nitrogens with two attached hydrogens (primary N) is 1. The first-order valence-corrected chi connectivity index (χ1v) is 7.20. The summed E-state index contributed by atoms with van der Waals surface area (Å²) in [6.07, 6.45) is 6.37. The van der Waals surface area contributed by atoms with Crippen LogP contribution in [0, 0.1) is 5.41 Å². The predicted molar refractivity (Wildman–Crippen MR) is 80.6 cm³/mol. The van der Waals surface area contributed by atoms with Gasteiger partial charge in [0, 0.05) is 5.69 Å². The zero-order valence-electron chi connectivity index (χ0n) is 12.1. The highest BCUT2D eigenvalue weighted by Gasteiger charge is 2.28. The molecule has 0 radical (unpaired) electrons. The summed E-state index contributed by atoms with van der Waals surface area (Å²) in [5, 5.41) is 0.900. The summed E-state index contributed by atoms with van der Waals surface area (Å²) in [6, 6.07) is 5.64. The molecule has 4 heteroatoms. The molecule has 1 saturated carbocycles. The minimum Gasteiger partial charge on any atom is -0.474 e. The summed E-state index contributed by atoms with van der Waals surface area (Å²) >= 11 is 0. The van der Waals surface area contributed by atoms with Crippen molar-refractivity contribution in [1.29, 1.82) is 0 Å². The van der Waals surface area contributed by atoms with E-state index in [0.717, 1.165) is 23.7 Å². The number of fused-ring (bicyclic) bond motifs is 1. The molecule has 1 heterocycles. The van der Waals surface area contributed by atoms with Crippen LogP contribution in [0.3, 0.4) is 0 Å². The van der Waals surface area contributed by atoms with E-state index in [1.54, 1.807) is 6.33 Å². The number of aromatic nitrogens is 2. The fourth-order valence-corrected chi connectivity index (χ4v) is 2.79. The fourth-order valence-electron chi connectivity index (χ4n) is 2.79. The second-order valence-corrected chi connectivity index (χ2v) is 6.44. The molecule has 1 fully saturated rings. The Bertz CT molecular complexity index is 614. The molecule has 0 aliphatic heterocycles. The molecule has 3 rings (SSSR count). The minimum absolute atomic E-state index is 0.252. The maximum atomic E-state index is 6.11. The van der Waals surface area contributed by atoms with Crippen LogP contribution in [0.15, 0.2) is 24.5 Å². The highest BCUT2D eigenvalue weighted by Crippen LogP contribution is 2.37. The Hall–Kier alpha value is -1.84. The van der Waals surface area contributed by atoms with E-state index in [1.165, 1.54) is 12.8 Å². The lowest BCUT2D eigenvalue weighted by Gasteiger charge is -2.34. The Labute approximate surface area is 119 Å². The molecule has 0 bridgehead atoms. The molecule has 1 aliphatic carbocycles. The Balaban J connectivity index is 1.83. The summed E-state index contributed by atoms with van der Waals surface area (Å²) in [5.41, 5.74) is 7.88. The average Bonchev–Trinajstić information content (AvgIpc) is 2.42. The lowest BCUT2D eigenvalue weighted by molar-refractivity contribution is 0.0962. The van der Waals surface area contributed by atoms with Crippen LogP contribution in [0.4, 0.5) is 5.69 Å². The second-order valence-electron chi connectivity index (χ2n) is 6.44. The largest absolute Gasteiger partial charge is 0.474 e. The van der Waals surface area contributed by atoms with Crippen LogP contribution in [0.1, 0.15) is 39.5 Å². The van der Waals surface area contributed by atoms with Gasteiger partial charge in [-0.05, 0) is 49.3 Å². The third-order valence-corrected chi connectivity index (χ3v) is 4.19. The van der Waals surface area contributed by atoms with E-state index in [0.29, 0.717) is 17.0 Å². The van der Waals surface area contributed by atoms with Gasteiger partial charge in [-0.2, -0.15) is 0 Å². The van der Waals surface area contributed by atoms with Gasteiger partial charge in [-0.15, -0.1) is 0 Å². The van der Waals surface area contributed by atoms with E-state index in [9.17, 15) is 0 Å². The number of nitrogen functional groups attached to an aromatic ring is 1. The summed E-state index contributed by atoms with van der Waals surface area (Å²) in [6.45, 7) is 4.65. The van der Waals surface area contributed by atoms with Crippen molar-refractivity contribution >= 4 is 16.6 Å². The molecule has 1 aromatic heterocycles. The zero-order chi connectivity index (χ0) is 14.2. The molecule has 4 nitrogen and oxygen atoms in total. The van der Waals surface area contributed by atoms with Gasteiger partial charge in [0.15, 0.2) is 0 Å². The third kappa shape index (κ3) is 2.69. The number of rotatable bonds is 2. The summed E-state index contributed by atoms with van der Waals surface area (Å²) in [5.74, 6) is 0.659. The minimum atomic E-state index is 0.252. The first-order valence-electron chi connectivity index (χ1n) is 7.20.